The quantitative estimate of drug-likeness (QED) is 0.742. The zero-order valence-electron chi connectivity index (χ0n) is 9.52. The van der Waals surface area contributed by atoms with E-state index >= 15 is 0 Å². The predicted molar refractivity (Wildman–Crippen MR) is 63.3 cm³/mol. The lowest BCUT2D eigenvalue weighted by Gasteiger charge is -2.29. The average molecular weight is 229 g/mol. The summed E-state index contributed by atoms with van der Waals surface area (Å²) in [5.74, 6) is 0. The van der Waals surface area contributed by atoms with Gasteiger partial charge in [-0.2, -0.15) is 5.26 Å². The number of nitrogens with one attached hydrogen (secondary N) is 1. The van der Waals surface area contributed by atoms with E-state index in [1.807, 2.05) is 18.2 Å². The Balaban J connectivity index is 2.60. The maximum atomic E-state index is 11.7. The van der Waals surface area contributed by atoms with Gasteiger partial charge in [-0.1, -0.05) is 12.1 Å². The molecule has 5 nitrogen and oxygen atoms in total. The predicted octanol–water partition coefficient (Wildman–Crippen LogP) is 2.44. The first kappa shape index (κ1) is 11.0. The van der Waals surface area contributed by atoms with E-state index in [9.17, 15) is 4.79 Å². The van der Waals surface area contributed by atoms with Crippen LogP contribution in [-0.2, 0) is 4.74 Å². The molecule has 1 aromatic rings. The van der Waals surface area contributed by atoms with Crippen LogP contribution in [0.1, 0.15) is 6.92 Å². The summed E-state index contributed by atoms with van der Waals surface area (Å²) in [4.78, 5) is 13.0. The van der Waals surface area contributed by atoms with Gasteiger partial charge in [-0.25, -0.2) is 9.69 Å². The summed E-state index contributed by atoms with van der Waals surface area (Å²) in [7, 11) is 1.29. The third kappa shape index (κ3) is 1.70. The molecule has 1 aliphatic rings. The number of nitrogens with zero attached hydrogens (tertiary/aromatic N) is 2. The highest BCUT2D eigenvalue weighted by Crippen LogP contribution is 2.34. The van der Waals surface area contributed by atoms with Gasteiger partial charge in [0.15, 0.2) is 0 Å². The van der Waals surface area contributed by atoms with Gasteiger partial charge in [0, 0.05) is 5.70 Å². The standard InChI is InChI=1S/C12H11N3O2/c1-8-11(7-13)15(12(16)17-2)10-6-4-3-5-9(10)14-8/h3-6,14H,1-2H3. The van der Waals surface area contributed by atoms with Gasteiger partial charge in [0.1, 0.15) is 11.8 Å². The van der Waals surface area contributed by atoms with Crippen molar-refractivity contribution >= 4 is 17.5 Å². The van der Waals surface area contributed by atoms with Gasteiger partial charge in [-0.15, -0.1) is 0 Å². The zero-order valence-corrected chi connectivity index (χ0v) is 9.52. The number of ether oxygens (including phenoxy) is 1. The van der Waals surface area contributed by atoms with Gasteiger partial charge in [0.05, 0.1) is 18.5 Å². The van der Waals surface area contributed by atoms with E-state index in [0.29, 0.717) is 11.4 Å². The minimum atomic E-state index is -0.574. The van der Waals surface area contributed by atoms with Gasteiger partial charge >= 0.3 is 6.09 Å². The number of nitriles is 1. The van der Waals surface area contributed by atoms with Gasteiger partial charge in [0.25, 0.3) is 0 Å². The lowest BCUT2D eigenvalue weighted by Crippen LogP contribution is -2.34. The van der Waals surface area contributed by atoms with Crippen molar-refractivity contribution in [2.45, 2.75) is 6.92 Å². The number of para-hydroxylation sites is 2. The highest BCUT2D eigenvalue weighted by atomic mass is 16.5. The van der Waals surface area contributed by atoms with E-state index in [-0.39, 0.29) is 5.70 Å². The molecule has 0 radical (unpaired) electrons. The minimum Gasteiger partial charge on any atom is -0.452 e. The van der Waals surface area contributed by atoms with Crippen molar-refractivity contribution in [3.63, 3.8) is 0 Å². The van der Waals surface area contributed by atoms with Crippen LogP contribution in [0.15, 0.2) is 35.7 Å². The number of carbonyl (C=O) groups excluding carboxylic acids is 1. The fraction of sp³-hybridized carbons (Fsp3) is 0.167. The second-order valence-corrected chi connectivity index (χ2v) is 3.53. The molecule has 1 aliphatic heterocycles. The summed E-state index contributed by atoms with van der Waals surface area (Å²) in [5, 5.41) is 12.2. The third-order valence-corrected chi connectivity index (χ3v) is 2.51. The van der Waals surface area contributed by atoms with Crippen LogP contribution in [0.4, 0.5) is 16.2 Å². The first-order valence-corrected chi connectivity index (χ1v) is 5.04. The first-order chi connectivity index (χ1) is 8.19. The molecule has 1 aromatic carbocycles. The second kappa shape index (κ2) is 4.18. The van der Waals surface area contributed by atoms with E-state index < -0.39 is 6.09 Å². The second-order valence-electron chi connectivity index (χ2n) is 3.53. The number of benzene rings is 1. The van der Waals surface area contributed by atoms with E-state index in [1.165, 1.54) is 12.0 Å². The number of amides is 1. The van der Waals surface area contributed by atoms with Crippen molar-refractivity contribution in [2.75, 3.05) is 17.3 Å². The summed E-state index contributed by atoms with van der Waals surface area (Å²) in [6, 6.07) is 9.24. The monoisotopic (exact) mass is 229 g/mol. The number of anilines is 2. The number of carbonyl (C=O) groups is 1. The van der Waals surface area contributed by atoms with Crippen LogP contribution >= 0.6 is 0 Å². The topological polar surface area (TPSA) is 65.4 Å². The molecule has 0 aromatic heterocycles. The minimum absolute atomic E-state index is 0.246. The Bertz CT molecular complexity index is 543. The number of methoxy groups -OCH3 is 1. The van der Waals surface area contributed by atoms with E-state index in [4.69, 9.17) is 10.00 Å². The highest BCUT2D eigenvalue weighted by Gasteiger charge is 2.28. The third-order valence-electron chi connectivity index (χ3n) is 2.51. The molecular weight excluding hydrogens is 218 g/mol. The van der Waals surface area contributed by atoms with Crippen LogP contribution in [0, 0.1) is 11.3 Å². The van der Waals surface area contributed by atoms with Crippen LogP contribution in [0.2, 0.25) is 0 Å². The Morgan fingerprint density at radius 3 is 2.82 bits per heavy atom. The SMILES string of the molecule is COC(=O)N1C(C#N)=C(C)Nc2ccccc21. The zero-order chi connectivity index (χ0) is 12.4. The van der Waals surface area contributed by atoms with Crippen LogP contribution in [0.25, 0.3) is 0 Å². The molecule has 0 bridgehead atoms. The molecule has 1 N–H and O–H groups in total. The largest absolute Gasteiger partial charge is 0.452 e. The molecule has 5 heteroatoms. The first-order valence-electron chi connectivity index (χ1n) is 5.04. The normalized spacial score (nSPS) is 13.6. The summed E-state index contributed by atoms with van der Waals surface area (Å²) in [6.07, 6.45) is -0.574. The van der Waals surface area contributed by atoms with Gasteiger partial charge in [-0.3, -0.25) is 0 Å². The molecule has 0 fully saturated rings. The molecule has 0 atom stereocenters. The van der Waals surface area contributed by atoms with Crippen molar-refractivity contribution in [2.24, 2.45) is 0 Å². The molecule has 0 spiro atoms. The fourth-order valence-corrected chi connectivity index (χ4v) is 1.74. The van der Waals surface area contributed by atoms with Crippen molar-refractivity contribution < 1.29 is 9.53 Å². The number of fused-ring (bicyclic) bond motifs is 1. The summed E-state index contributed by atoms with van der Waals surface area (Å²) in [6.45, 7) is 1.74. The van der Waals surface area contributed by atoms with Crippen molar-refractivity contribution in [3.05, 3.63) is 35.7 Å². The van der Waals surface area contributed by atoms with Gasteiger partial charge in [0.2, 0.25) is 0 Å². The summed E-state index contributed by atoms with van der Waals surface area (Å²) < 4.78 is 4.70. The van der Waals surface area contributed by atoms with E-state index in [0.717, 1.165) is 5.69 Å². The Hall–Kier alpha value is -2.48. The van der Waals surface area contributed by atoms with Crippen LogP contribution in [0.3, 0.4) is 0 Å². The molecule has 86 valence electrons. The van der Waals surface area contributed by atoms with Crippen molar-refractivity contribution in [1.29, 1.82) is 5.26 Å². The summed E-state index contributed by atoms with van der Waals surface area (Å²) >= 11 is 0. The van der Waals surface area contributed by atoms with Crippen molar-refractivity contribution in [1.82, 2.24) is 0 Å². The highest BCUT2D eigenvalue weighted by molar-refractivity contribution is 5.98. The fourth-order valence-electron chi connectivity index (χ4n) is 1.74. The smallest absolute Gasteiger partial charge is 0.419 e. The molecule has 17 heavy (non-hydrogen) atoms. The molecule has 1 amide bonds. The number of allylic oxidation sites excluding steroid dienone is 2. The van der Waals surface area contributed by atoms with Crippen LogP contribution < -0.4 is 10.2 Å². The maximum absolute atomic E-state index is 11.7. The number of hydrogen-bond donors (Lipinski definition) is 1. The molecule has 0 saturated carbocycles. The van der Waals surface area contributed by atoms with Gasteiger partial charge < -0.3 is 10.1 Å². The molecular formula is C12H11N3O2. The Labute approximate surface area is 98.9 Å². The van der Waals surface area contributed by atoms with Gasteiger partial charge in [-0.05, 0) is 19.1 Å². The number of rotatable bonds is 0. The Kier molecular flexibility index (Phi) is 2.71. The summed E-state index contributed by atoms with van der Waals surface area (Å²) in [5.41, 5.74) is 2.25. The maximum Gasteiger partial charge on any atom is 0.419 e. The van der Waals surface area contributed by atoms with E-state index in [1.54, 1.807) is 19.1 Å². The Morgan fingerprint density at radius 1 is 1.47 bits per heavy atom. The molecule has 1 heterocycles. The van der Waals surface area contributed by atoms with E-state index in [2.05, 4.69) is 5.32 Å². The molecule has 0 saturated heterocycles. The lowest BCUT2D eigenvalue weighted by atomic mass is 10.1. The van der Waals surface area contributed by atoms with Crippen LogP contribution in [0.5, 0.6) is 0 Å². The number of hydrogen-bond acceptors (Lipinski definition) is 4. The van der Waals surface area contributed by atoms with Crippen molar-refractivity contribution in [3.8, 4) is 6.07 Å². The lowest BCUT2D eigenvalue weighted by molar-refractivity contribution is 0.181. The Morgan fingerprint density at radius 2 is 2.18 bits per heavy atom. The molecule has 0 unspecified atom stereocenters. The molecule has 2 rings (SSSR count). The average Bonchev–Trinajstić information content (AvgIpc) is 2.36. The van der Waals surface area contributed by atoms with Crippen LogP contribution in [-0.4, -0.2) is 13.2 Å². The molecule has 0 aliphatic carbocycles.